The molecule has 1 saturated carbocycles. The SMILES string of the molecule is Cc1cc(-c2ncc(Cl)c(Nc3cc(C4CC4)[nH]n3)n2)sc1C(=O)O.Cl. The lowest BCUT2D eigenvalue weighted by molar-refractivity contribution is 0.0701. The van der Waals surface area contributed by atoms with Crippen LogP contribution in [0.3, 0.4) is 0 Å². The molecule has 3 N–H and O–H groups in total. The number of H-pyrrole nitrogens is 1. The van der Waals surface area contributed by atoms with Crippen LogP contribution in [0.25, 0.3) is 10.7 Å². The first-order valence-corrected chi connectivity index (χ1v) is 8.89. The van der Waals surface area contributed by atoms with Crippen LogP contribution >= 0.6 is 35.3 Å². The zero-order valence-electron chi connectivity index (χ0n) is 13.6. The minimum Gasteiger partial charge on any atom is -0.477 e. The smallest absolute Gasteiger partial charge is 0.346 e. The third-order valence-electron chi connectivity index (χ3n) is 3.94. The van der Waals surface area contributed by atoms with Crippen LogP contribution in [0.1, 0.15) is 39.7 Å². The molecule has 0 aliphatic heterocycles. The summed E-state index contributed by atoms with van der Waals surface area (Å²) in [4.78, 5) is 20.8. The van der Waals surface area contributed by atoms with Crippen LogP contribution in [0.5, 0.6) is 0 Å². The average Bonchev–Trinajstić information content (AvgIpc) is 3.19. The van der Waals surface area contributed by atoms with E-state index in [4.69, 9.17) is 11.6 Å². The molecular formula is C16H15Cl2N5O2S. The summed E-state index contributed by atoms with van der Waals surface area (Å²) in [6.07, 6.45) is 3.86. The summed E-state index contributed by atoms with van der Waals surface area (Å²) >= 11 is 7.33. The summed E-state index contributed by atoms with van der Waals surface area (Å²) in [6, 6.07) is 3.72. The minimum absolute atomic E-state index is 0. The van der Waals surface area contributed by atoms with Crippen LogP contribution in [-0.4, -0.2) is 31.2 Å². The molecule has 0 bridgehead atoms. The van der Waals surface area contributed by atoms with Gasteiger partial charge in [-0.25, -0.2) is 14.8 Å². The van der Waals surface area contributed by atoms with E-state index in [1.807, 2.05) is 6.07 Å². The molecule has 26 heavy (non-hydrogen) atoms. The van der Waals surface area contributed by atoms with Gasteiger partial charge in [-0.2, -0.15) is 5.10 Å². The third-order valence-corrected chi connectivity index (χ3v) is 5.44. The molecule has 0 unspecified atom stereocenters. The number of aromatic nitrogens is 4. The highest BCUT2D eigenvalue weighted by Crippen LogP contribution is 2.40. The van der Waals surface area contributed by atoms with Gasteiger partial charge in [0, 0.05) is 17.7 Å². The molecule has 0 aromatic carbocycles. The largest absolute Gasteiger partial charge is 0.477 e. The number of hydrogen-bond acceptors (Lipinski definition) is 6. The monoisotopic (exact) mass is 411 g/mol. The second kappa shape index (κ2) is 7.22. The molecule has 10 heteroatoms. The van der Waals surface area contributed by atoms with E-state index in [9.17, 15) is 9.90 Å². The van der Waals surface area contributed by atoms with Gasteiger partial charge in [0.15, 0.2) is 17.5 Å². The molecule has 0 saturated heterocycles. The van der Waals surface area contributed by atoms with E-state index >= 15 is 0 Å². The van der Waals surface area contributed by atoms with Crippen LogP contribution in [0.4, 0.5) is 11.6 Å². The fourth-order valence-electron chi connectivity index (χ4n) is 2.50. The van der Waals surface area contributed by atoms with Gasteiger partial charge in [-0.05, 0) is 31.4 Å². The third kappa shape index (κ3) is 3.67. The molecule has 0 amide bonds. The standard InChI is InChI=1S/C16H14ClN5O2S.ClH/c1-7-4-11(25-13(7)16(23)24)15-18-6-9(17)14(20-15)19-12-5-10(21-22-12)8-2-3-8;/h4-6,8H,2-3H2,1H3,(H,23,24)(H2,18,19,20,21,22);1H. The fraction of sp³-hybridized carbons (Fsp3) is 0.250. The number of rotatable bonds is 5. The van der Waals surface area contributed by atoms with E-state index in [0.717, 1.165) is 17.0 Å². The molecule has 1 aliphatic rings. The first-order valence-electron chi connectivity index (χ1n) is 7.70. The van der Waals surface area contributed by atoms with Gasteiger partial charge in [-0.15, -0.1) is 23.7 Å². The Bertz CT molecular complexity index is 967. The summed E-state index contributed by atoms with van der Waals surface area (Å²) in [5.41, 5.74) is 1.79. The second-order valence-electron chi connectivity index (χ2n) is 5.93. The lowest BCUT2D eigenvalue weighted by Gasteiger charge is -2.05. The van der Waals surface area contributed by atoms with Crippen LogP contribution in [-0.2, 0) is 0 Å². The number of anilines is 2. The maximum absolute atomic E-state index is 11.2. The van der Waals surface area contributed by atoms with E-state index in [0.29, 0.717) is 38.8 Å². The van der Waals surface area contributed by atoms with E-state index < -0.39 is 5.97 Å². The number of aromatic carboxylic acids is 1. The summed E-state index contributed by atoms with van der Waals surface area (Å²) in [7, 11) is 0. The van der Waals surface area contributed by atoms with Crippen molar-refractivity contribution in [2.24, 2.45) is 0 Å². The maximum Gasteiger partial charge on any atom is 0.346 e. The number of halogens is 2. The zero-order valence-corrected chi connectivity index (χ0v) is 16.0. The number of nitrogens with zero attached hydrogens (tertiary/aromatic N) is 3. The van der Waals surface area contributed by atoms with Gasteiger partial charge in [0.2, 0.25) is 0 Å². The van der Waals surface area contributed by atoms with E-state index in [1.165, 1.54) is 19.0 Å². The number of hydrogen-bond donors (Lipinski definition) is 3. The van der Waals surface area contributed by atoms with Crippen LogP contribution < -0.4 is 5.32 Å². The molecule has 3 aromatic rings. The lowest BCUT2D eigenvalue weighted by Crippen LogP contribution is -1.98. The number of carboxylic acids is 1. The van der Waals surface area contributed by atoms with Crippen molar-refractivity contribution in [3.05, 3.63) is 39.5 Å². The Balaban J connectivity index is 0.00000196. The molecule has 4 rings (SSSR count). The van der Waals surface area contributed by atoms with Crippen molar-refractivity contribution in [3.8, 4) is 10.7 Å². The molecule has 7 nitrogen and oxygen atoms in total. The quantitative estimate of drug-likeness (QED) is 0.565. The van der Waals surface area contributed by atoms with Crippen molar-refractivity contribution in [2.75, 3.05) is 5.32 Å². The van der Waals surface area contributed by atoms with Crippen molar-refractivity contribution >= 4 is 52.9 Å². The van der Waals surface area contributed by atoms with E-state index in [1.54, 1.807) is 13.0 Å². The molecule has 136 valence electrons. The van der Waals surface area contributed by atoms with Crippen LogP contribution in [0, 0.1) is 6.92 Å². The maximum atomic E-state index is 11.2. The molecule has 0 atom stereocenters. The Kier molecular flexibility index (Phi) is 5.17. The summed E-state index contributed by atoms with van der Waals surface area (Å²) in [5.74, 6) is 1.11. The average molecular weight is 412 g/mol. The Morgan fingerprint density at radius 2 is 2.19 bits per heavy atom. The number of aromatic amines is 1. The molecule has 1 aliphatic carbocycles. The second-order valence-corrected chi connectivity index (χ2v) is 7.39. The van der Waals surface area contributed by atoms with Gasteiger partial charge in [0.05, 0.1) is 11.1 Å². The lowest BCUT2D eigenvalue weighted by atomic mass is 10.2. The van der Waals surface area contributed by atoms with Gasteiger partial charge in [-0.1, -0.05) is 11.6 Å². The fourth-order valence-corrected chi connectivity index (χ4v) is 3.59. The minimum atomic E-state index is -0.954. The molecule has 3 heterocycles. The first-order chi connectivity index (χ1) is 12.0. The summed E-state index contributed by atoms with van der Waals surface area (Å²) < 4.78 is 0. The highest BCUT2D eigenvalue weighted by atomic mass is 35.5. The Labute approximate surface area is 164 Å². The molecular weight excluding hydrogens is 397 g/mol. The number of aryl methyl sites for hydroxylation is 1. The Morgan fingerprint density at radius 3 is 2.85 bits per heavy atom. The molecule has 1 fully saturated rings. The predicted octanol–water partition coefficient (Wildman–Crippen LogP) is 4.63. The van der Waals surface area contributed by atoms with Crippen molar-refractivity contribution in [1.29, 1.82) is 0 Å². The van der Waals surface area contributed by atoms with E-state index in [-0.39, 0.29) is 17.3 Å². The van der Waals surface area contributed by atoms with Gasteiger partial charge in [-0.3, -0.25) is 5.10 Å². The molecule has 3 aromatic heterocycles. The topological polar surface area (TPSA) is 104 Å². The molecule has 0 spiro atoms. The predicted molar refractivity (Wildman–Crippen MR) is 103 cm³/mol. The van der Waals surface area contributed by atoms with E-state index in [2.05, 4.69) is 25.5 Å². The summed E-state index contributed by atoms with van der Waals surface area (Å²) in [6.45, 7) is 1.75. The van der Waals surface area contributed by atoms with Gasteiger partial charge in [0.25, 0.3) is 0 Å². The highest BCUT2D eigenvalue weighted by Gasteiger charge is 2.25. The van der Waals surface area contributed by atoms with Gasteiger partial charge >= 0.3 is 5.97 Å². The van der Waals surface area contributed by atoms with Gasteiger partial charge < -0.3 is 10.4 Å². The Hall–Kier alpha value is -2.16. The molecule has 0 radical (unpaired) electrons. The normalized spacial score (nSPS) is 13.3. The zero-order chi connectivity index (χ0) is 17.6. The number of thiophene rings is 1. The van der Waals surface area contributed by atoms with Crippen molar-refractivity contribution < 1.29 is 9.90 Å². The Morgan fingerprint density at radius 1 is 1.42 bits per heavy atom. The van der Waals surface area contributed by atoms with Crippen molar-refractivity contribution in [1.82, 2.24) is 20.2 Å². The van der Waals surface area contributed by atoms with Crippen molar-refractivity contribution in [3.63, 3.8) is 0 Å². The van der Waals surface area contributed by atoms with Crippen LogP contribution in [0.2, 0.25) is 5.02 Å². The number of nitrogens with one attached hydrogen (secondary N) is 2. The first kappa shape index (κ1) is 18.6. The number of carboxylic acid groups (broad SMARTS) is 1. The number of carbonyl (C=O) groups is 1. The highest BCUT2D eigenvalue weighted by molar-refractivity contribution is 7.17. The summed E-state index contributed by atoms with van der Waals surface area (Å²) in [5, 5.41) is 19.9. The van der Waals surface area contributed by atoms with Crippen molar-refractivity contribution in [2.45, 2.75) is 25.7 Å². The van der Waals surface area contributed by atoms with Gasteiger partial charge in [0.1, 0.15) is 9.90 Å². The van der Waals surface area contributed by atoms with Crippen LogP contribution in [0.15, 0.2) is 18.3 Å².